The average molecular weight is 154 g/mol. The molecule has 0 bridgehead atoms. The van der Waals surface area contributed by atoms with Crippen molar-refractivity contribution < 1.29 is 0 Å². The molecule has 2 fully saturated rings. The summed E-state index contributed by atoms with van der Waals surface area (Å²) in [5.41, 5.74) is 0.376. The molecule has 1 N–H and O–H groups in total. The second-order valence-electron chi connectivity index (χ2n) is 4.51. The van der Waals surface area contributed by atoms with Crippen molar-refractivity contribution in [3.8, 4) is 0 Å². The van der Waals surface area contributed by atoms with Crippen LogP contribution in [0.25, 0.3) is 0 Å². The molecule has 0 aromatic rings. The largest absolute Gasteiger partial charge is 0.312 e. The molecule has 0 amide bonds. The number of rotatable bonds is 0. The van der Waals surface area contributed by atoms with E-state index in [4.69, 9.17) is 0 Å². The molecule has 2 heteroatoms. The predicted octanol–water partition coefficient (Wildman–Crippen LogP) is 0.688. The summed E-state index contributed by atoms with van der Waals surface area (Å²) in [6.45, 7) is 7.20. The van der Waals surface area contributed by atoms with E-state index in [0.717, 1.165) is 12.0 Å². The van der Waals surface area contributed by atoms with Crippen LogP contribution in [0.4, 0.5) is 0 Å². The molecule has 0 saturated carbocycles. The molecule has 2 atom stereocenters. The van der Waals surface area contributed by atoms with E-state index >= 15 is 0 Å². The molecule has 2 nitrogen and oxygen atoms in total. The maximum atomic E-state index is 3.60. The van der Waals surface area contributed by atoms with Crippen molar-refractivity contribution in [2.45, 2.75) is 31.8 Å². The minimum Gasteiger partial charge on any atom is -0.312 e. The van der Waals surface area contributed by atoms with Crippen molar-refractivity contribution in [1.29, 1.82) is 0 Å². The molecule has 2 aliphatic heterocycles. The van der Waals surface area contributed by atoms with Crippen LogP contribution in [0.15, 0.2) is 0 Å². The highest BCUT2D eigenvalue weighted by molar-refractivity contribution is 5.06. The lowest BCUT2D eigenvalue weighted by atomic mass is 9.91. The molecular weight excluding hydrogens is 136 g/mol. The number of likely N-dealkylation sites (tertiary alicyclic amines) is 1. The second kappa shape index (κ2) is 2.20. The molecule has 0 aliphatic carbocycles. The highest BCUT2D eigenvalue weighted by Gasteiger charge is 2.47. The summed E-state index contributed by atoms with van der Waals surface area (Å²) in [5.74, 6) is 0.912. The van der Waals surface area contributed by atoms with Crippen LogP contribution >= 0.6 is 0 Å². The Hall–Kier alpha value is -0.0800. The van der Waals surface area contributed by atoms with Crippen LogP contribution in [0.2, 0.25) is 0 Å². The van der Waals surface area contributed by atoms with E-state index in [-0.39, 0.29) is 0 Å². The standard InChI is InChI=1S/C9H18N2/c1-9(2)8-7(4-5-10-8)6-11(9)3/h7-8,10H,4-6H2,1-3H3. The van der Waals surface area contributed by atoms with Crippen LogP contribution < -0.4 is 5.32 Å². The first-order valence-corrected chi connectivity index (χ1v) is 4.57. The Morgan fingerprint density at radius 2 is 2.18 bits per heavy atom. The topological polar surface area (TPSA) is 15.3 Å². The normalized spacial score (nSPS) is 42.8. The van der Waals surface area contributed by atoms with Gasteiger partial charge < -0.3 is 5.32 Å². The number of hydrogen-bond donors (Lipinski definition) is 1. The average Bonchev–Trinajstić information content (AvgIpc) is 2.41. The number of nitrogens with zero attached hydrogens (tertiary/aromatic N) is 1. The zero-order valence-electron chi connectivity index (χ0n) is 7.72. The third-order valence-electron chi connectivity index (χ3n) is 3.60. The van der Waals surface area contributed by atoms with E-state index in [1.54, 1.807) is 0 Å². The molecule has 0 aromatic heterocycles. The van der Waals surface area contributed by atoms with Crippen LogP contribution in [-0.2, 0) is 0 Å². The van der Waals surface area contributed by atoms with E-state index in [1.165, 1.54) is 19.5 Å². The Morgan fingerprint density at radius 1 is 1.45 bits per heavy atom. The first-order valence-electron chi connectivity index (χ1n) is 4.57. The van der Waals surface area contributed by atoms with Crippen molar-refractivity contribution in [2.75, 3.05) is 20.1 Å². The highest BCUT2D eigenvalue weighted by atomic mass is 15.3. The molecule has 2 rings (SSSR count). The first kappa shape index (κ1) is 7.56. The Kier molecular flexibility index (Phi) is 1.52. The molecule has 0 aromatic carbocycles. The molecular formula is C9H18N2. The lowest BCUT2D eigenvalue weighted by Crippen LogP contribution is -2.48. The zero-order valence-corrected chi connectivity index (χ0v) is 7.72. The Bertz CT molecular complexity index is 165. The van der Waals surface area contributed by atoms with Gasteiger partial charge in [0, 0.05) is 18.1 Å². The van der Waals surface area contributed by atoms with Gasteiger partial charge in [0.1, 0.15) is 0 Å². The van der Waals surface area contributed by atoms with Gasteiger partial charge in [0.15, 0.2) is 0 Å². The van der Waals surface area contributed by atoms with Crippen molar-refractivity contribution in [3.05, 3.63) is 0 Å². The van der Waals surface area contributed by atoms with E-state index in [0.29, 0.717) is 5.54 Å². The SMILES string of the molecule is CN1CC2CCNC2C1(C)C. The van der Waals surface area contributed by atoms with Gasteiger partial charge in [0.05, 0.1) is 0 Å². The summed E-state index contributed by atoms with van der Waals surface area (Å²) in [4.78, 5) is 2.48. The van der Waals surface area contributed by atoms with Crippen molar-refractivity contribution in [2.24, 2.45) is 5.92 Å². The van der Waals surface area contributed by atoms with Crippen LogP contribution in [0.5, 0.6) is 0 Å². The summed E-state index contributed by atoms with van der Waals surface area (Å²) >= 11 is 0. The lowest BCUT2D eigenvalue weighted by Gasteiger charge is -2.32. The van der Waals surface area contributed by atoms with Crippen LogP contribution in [0.1, 0.15) is 20.3 Å². The number of fused-ring (bicyclic) bond motifs is 1. The third-order valence-corrected chi connectivity index (χ3v) is 3.60. The number of likely N-dealkylation sites (N-methyl/N-ethyl adjacent to an activating group) is 1. The molecule has 0 radical (unpaired) electrons. The summed E-state index contributed by atoms with van der Waals surface area (Å²) in [5, 5.41) is 3.60. The van der Waals surface area contributed by atoms with Gasteiger partial charge in [-0.1, -0.05) is 0 Å². The van der Waals surface area contributed by atoms with Crippen LogP contribution in [0.3, 0.4) is 0 Å². The van der Waals surface area contributed by atoms with Gasteiger partial charge in [0.25, 0.3) is 0 Å². The second-order valence-corrected chi connectivity index (χ2v) is 4.51. The molecule has 2 heterocycles. The summed E-state index contributed by atoms with van der Waals surface area (Å²) in [6.07, 6.45) is 1.37. The zero-order chi connectivity index (χ0) is 8.06. The summed E-state index contributed by atoms with van der Waals surface area (Å²) in [6, 6.07) is 0.743. The van der Waals surface area contributed by atoms with Crippen LogP contribution in [-0.4, -0.2) is 36.6 Å². The summed E-state index contributed by atoms with van der Waals surface area (Å²) < 4.78 is 0. The Balaban J connectivity index is 2.20. The summed E-state index contributed by atoms with van der Waals surface area (Å²) in [7, 11) is 2.24. The predicted molar refractivity (Wildman–Crippen MR) is 46.6 cm³/mol. The highest BCUT2D eigenvalue weighted by Crippen LogP contribution is 2.36. The van der Waals surface area contributed by atoms with Gasteiger partial charge in [-0.05, 0) is 39.8 Å². The van der Waals surface area contributed by atoms with Crippen molar-refractivity contribution >= 4 is 0 Å². The third kappa shape index (κ3) is 0.926. The fraction of sp³-hybridized carbons (Fsp3) is 1.00. The van der Waals surface area contributed by atoms with Gasteiger partial charge in [-0.3, -0.25) is 4.90 Å². The fourth-order valence-corrected chi connectivity index (χ4v) is 2.61. The fourth-order valence-electron chi connectivity index (χ4n) is 2.61. The minimum atomic E-state index is 0.376. The first-order chi connectivity index (χ1) is 5.12. The van der Waals surface area contributed by atoms with E-state index in [1.807, 2.05) is 0 Å². The Morgan fingerprint density at radius 3 is 2.82 bits per heavy atom. The minimum absolute atomic E-state index is 0.376. The molecule has 0 spiro atoms. The van der Waals surface area contributed by atoms with Gasteiger partial charge in [-0.2, -0.15) is 0 Å². The Labute approximate surface area is 69.0 Å². The monoisotopic (exact) mass is 154 g/mol. The molecule has 2 unspecified atom stereocenters. The lowest BCUT2D eigenvalue weighted by molar-refractivity contribution is 0.189. The quantitative estimate of drug-likeness (QED) is 0.552. The number of hydrogen-bond acceptors (Lipinski definition) is 2. The number of nitrogens with one attached hydrogen (secondary N) is 1. The molecule has 2 aliphatic rings. The molecule has 11 heavy (non-hydrogen) atoms. The van der Waals surface area contributed by atoms with Crippen LogP contribution in [0, 0.1) is 5.92 Å². The van der Waals surface area contributed by atoms with Crippen molar-refractivity contribution in [1.82, 2.24) is 10.2 Å². The van der Waals surface area contributed by atoms with Crippen molar-refractivity contribution in [3.63, 3.8) is 0 Å². The van der Waals surface area contributed by atoms with E-state index in [2.05, 4.69) is 31.1 Å². The molecule has 2 saturated heterocycles. The smallest absolute Gasteiger partial charge is 0.0306 e. The van der Waals surface area contributed by atoms with E-state index in [9.17, 15) is 0 Å². The van der Waals surface area contributed by atoms with Gasteiger partial charge in [0.2, 0.25) is 0 Å². The van der Waals surface area contributed by atoms with Gasteiger partial charge in [-0.25, -0.2) is 0 Å². The van der Waals surface area contributed by atoms with E-state index < -0.39 is 0 Å². The van der Waals surface area contributed by atoms with Gasteiger partial charge in [-0.15, -0.1) is 0 Å². The molecule has 64 valence electrons. The van der Waals surface area contributed by atoms with Gasteiger partial charge >= 0.3 is 0 Å². The maximum Gasteiger partial charge on any atom is 0.0306 e. The maximum absolute atomic E-state index is 3.60.